The molecule has 2 rings (SSSR count). The van der Waals surface area contributed by atoms with Gasteiger partial charge in [-0.1, -0.05) is 30.1 Å². The first kappa shape index (κ1) is 17.7. The molecule has 1 amide bonds. The van der Waals surface area contributed by atoms with Crippen molar-refractivity contribution in [2.45, 2.75) is 38.6 Å². The Kier molecular flexibility index (Phi) is 6.32. The molecule has 0 aliphatic carbocycles. The van der Waals surface area contributed by atoms with E-state index in [2.05, 4.69) is 17.1 Å². The van der Waals surface area contributed by atoms with Crippen molar-refractivity contribution < 1.29 is 4.79 Å². The maximum Gasteiger partial charge on any atom is 0.267 e. The lowest BCUT2D eigenvalue weighted by Gasteiger charge is -2.34. The van der Waals surface area contributed by atoms with E-state index in [1.54, 1.807) is 24.4 Å². The summed E-state index contributed by atoms with van der Waals surface area (Å²) in [5.41, 5.74) is 0.470. The number of rotatable bonds is 4. The normalized spacial score (nSPS) is 18.4. The van der Waals surface area contributed by atoms with E-state index < -0.39 is 5.91 Å². The number of hydrogen-bond acceptors (Lipinski definition) is 3. The second-order valence-corrected chi connectivity index (χ2v) is 6.37. The minimum atomic E-state index is -0.475. The first-order chi connectivity index (χ1) is 11.0. The van der Waals surface area contributed by atoms with Crippen LogP contribution in [0.25, 0.3) is 0 Å². The molecule has 0 bridgehead atoms. The lowest BCUT2D eigenvalue weighted by molar-refractivity contribution is -0.112. The molecule has 1 atom stereocenters. The number of nitriles is 1. The molecule has 1 aliphatic heterocycles. The Balaban J connectivity index is 2.16. The van der Waals surface area contributed by atoms with Gasteiger partial charge in [-0.05, 0) is 43.9 Å². The fourth-order valence-corrected chi connectivity index (χ4v) is 3.06. The third-order valence-corrected chi connectivity index (χ3v) is 4.55. The van der Waals surface area contributed by atoms with Gasteiger partial charge in [0, 0.05) is 23.8 Å². The van der Waals surface area contributed by atoms with Crippen LogP contribution in [0.2, 0.25) is 10.0 Å². The third kappa shape index (κ3) is 4.63. The number of benzene rings is 1. The van der Waals surface area contributed by atoms with Crippen LogP contribution in [0.1, 0.15) is 32.6 Å². The van der Waals surface area contributed by atoms with Crippen LogP contribution in [0.5, 0.6) is 0 Å². The lowest BCUT2D eigenvalue weighted by atomic mass is 10.0. The summed E-state index contributed by atoms with van der Waals surface area (Å²) in [6, 6.07) is 7.17. The van der Waals surface area contributed by atoms with Gasteiger partial charge >= 0.3 is 0 Å². The number of likely N-dealkylation sites (tertiary alicyclic amines) is 1. The van der Waals surface area contributed by atoms with Gasteiger partial charge in [0.15, 0.2) is 0 Å². The maximum atomic E-state index is 12.3. The SMILES string of the molecule is CCC1CCCCN1/C=C(/C#N)C(=O)Nc1cc(Cl)ccc1Cl. The second kappa shape index (κ2) is 8.24. The number of nitrogens with zero attached hydrogens (tertiary/aromatic N) is 2. The molecule has 1 N–H and O–H groups in total. The standard InChI is InChI=1S/C17H19Cl2N3O/c1-2-14-5-3-4-8-22(14)11-12(10-20)17(23)21-16-9-13(18)6-7-15(16)19/h6-7,9,11,14H,2-5,8H2,1H3,(H,21,23)/b12-11-. The monoisotopic (exact) mass is 351 g/mol. The van der Waals surface area contributed by atoms with Gasteiger partial charge in [-0.15, -0.1) is 0 Å². The molecule has 6 heteroatoms. The van der Waals surface area contributed by atoms with Crippen molar-refractivity contribution in [3.8, 4) is 6.07 Å². The molecule has 1 fully saturated rings. The lowest BCUT2D eigenvalue weighted by Crippen LogP contribution is -2.35. The summed E-state index contributed by atoms with van der Waals surface area (Å²) in [5, 5.41) is 12.8. The molecule has 1 saturated heterocycles. The zero-order chi connectivity index (χ0) is 16.8. The van der Waals surface area contributed by atoms with Gasteiger partial charge < -0.3 is 10.2 Å². The average molecular weight is 352 g/mol. The fourth-order valence-electron chi connectivity index (χ4n) is 2.72. The molecule has 0 radical (unpaired) electrons. The van der Waals surface area contributed by atoms with Crippen LogP contribution >= 0.6 is 23.2 Å². The number of carbonyl (C=O) groups excluding carboxylic acids is 1. The predicted molar refractivity (Wildman–Crippen MR) is 93.4 cm³/mol. The molecule has 4 nitrogen and oxygen atoms in total. The van der Waals surface area contributed by atoms with Crippen LogP contribution in [-0.2, 0) is 4.79 Å². The van der Waals surface area contributed by atoms with E-state index in [0.29, 0.717) is 21.8 Å². The summed E-state index contributed by atoms with van der Waals surface area (Å²) in [4.78, 5) is 14.4. The molecule has 1 heterocycles. The number of piperidine rings is 1. The van der Waals surface area contributed by atoms with Gasteiger partial charge in [0.1, 0.15) is 11.6 Å². The van der Waals surface area contributed by atoms with Crippen LogP contribution in [0.3, 0.4) is 0 Å². The van der Waals surface area contributed by atoms with E-state index in [9.17, 15) is 10.1 Å². The van der Waals surface area contributed by atoms with Crippen molar-refractivity contribution in [2.75, 3.05) is 11.9 Å². The Bertz CT molecular complexity index is 652. The molecule has 0 saturated carbocycles. The Morgan fingerprint density at radius 1 is 1.48 bits per heavy atom. The molecule has 1 aromatic carbocycles. The predicted octanol–water partition coefficient (Wildman–Crippen LogP) is 4.60. The molecule has 1 aliphatic rings. The van der Waals surface area contributed by atoms with Gasteiger partial charge in [0.2, 0.25) is 0 Å². The summed E-state index contributed by atoms with van der Waals surface area (Å²) in [6.07, 6.45) is 6.02. The molecule has 122 valence electrons. The quantitative estimate of drug-likeness (QED) is 0.636. The summed E-state index contributed by atoms with van der Waals surface area (Å²) in [6.45, 7) is 2.99. The van der Waals surface area contributed by atoms with Crippen molar-refractivity contribution in [3.63, 3.8) is 0 Å². The largest absolute Gasteiger partial charge is 0.373 e. The van der Waals surface area contributed by atoms with E-state index in [1.807, 2.05) is 6.07 Å². The summed E-state index contributed by atoms with van der Waals surface area (Å²) < 4.78 is 0. The van der Waals surface area contributed by atoms with Crippen molar-refractivity contribution in [2.24, 2.45) is 0 Å². The van der Waals surface area contributed by atoms with Crippen molar-refractivity contribution in [1.29, 1.82) is 5.26 Å². The highest BCUT2D eigenvalue weighted by Gasteiger charge is 2.20. The number of anilines is 1. The molecular weight excluding hydrogens is 333 g/mol. The van der Waals surface area contributed by atoms with Crippen LogP contribution < -0.4 is 5.32 Å². The van der Waals surface area contributed by atoms with E-state index in [4.69, 9.17) is 23.2 Å². The Hall–Kier alpha value is -1.70. The molecule has 23 heavy (non-hydrogen) atoms. The Labute approximate surface area is 146 Å². The van der Waals surface area contributed by atoms with E-state index in [1.165, 1.54) is 6.42 Å². The van der Waals surface area contributed by atoms with Gasteiger partial charge in [0.25, 0.3) is 5.91 Å². The second-order valence-electron chi connectivity index (χ2n) is 5.53. The molecular formula is C17H19Cl2N3O. The highest BCUT2D eigenvalue weighted by atomic mass is 35.5. The van der Waals surface area contributed by atoms with Crippen LogP contribution in [0.4, 0.5) is 5.69 Å². The topological polar surface area (TPSA) is 56.1 Å². The third-order valence-electron chi connectivity index (χ3n) is 3.98. The summed E-state index contributed by atoms with van der Waals surface area (Å²) >= 11 is 11.9. The fraction of sp³-hybridized carbons (Fsp3) is 0.412. The Morgan fingerprint density at radius 3 is 2.96 bits per heavy atom. The number of halogens is 2. The van der Waals surface area contributed by atoms with Crippen LogP contribution in [0.15, 0.2) is 30.0 Å². The van der Waals surface area contributed by atoms with Crippen LogP contribution in [-0.4, -0.2) is 23.4 Å². The molecule has 0 spiro atoms. The van der Waals surface area contributed by atoms with Gasteiger partial charge in [-0.2, -0.15) is 5.26 Å². The van der Waals surface area contributed by atoms with Crippen LogP contribution in [0, 0.1) is 11.3 Å². The molecule has 1 aromatic rings. The van der Waals surface area contributed by atoms with Gasteiger partial charge in [-0.3, -0.25) is 4.79 Å². The van der Waals surface area contributed by atoms with Gasteiger partial charge in [0.05, 0.1) is 10.7 Å². The Morgan fingerprint density at radius 2 is 2.26 bits per heavy atom. The number of carbonyl (C=O) groups is 1. The summed E-state index contributed by atoms with van der Waals surface area (Å²) in [5.74, 6) is -0.475. The first-order valence-electron chi connectivity index (χ1n) is 7.69. The molecule has 1 unspecified atom stereocenters. The van der Waals surface area contributed by atoms with E-state index in [-0.39, 0.29) is 5.57 Å². The number of nitrogens with one attached hydrogen (secondary N) is 1. The smallest absolute Gasteiger partial charge is 0.267 e. The number of hydrogen-bond donors (Lipinski definition) is 1. The minimum absolute atomic E-state index is 0.0707. The van der Waals surface area contributed by atoms with Crippen molar-refractivity contribution in [3.05, 3.63) is 40.0 Å². The van der Waals surface area contributed by atoms with Crippen molar-refractivity contribution in [1.82, 2.24) is 4.90 Å². The minimum Gasteiger partial charge on any atom is -0.373 e. The zero-order valence-corrected chi connectivity index (χ0v) is 14.5. The summed E-state index contributed by atoms with van der Waals surface area (Å²) in [7, 11) is 0. The van der Waals surface area contributed by atoms with E-state index >= 15 is 0 Å². The molecule has 0 aromatic heterocycles. The maximum absolute atomic E-state index is 12.3. The van der Waals surface area contributed by atoms with E-state index in [0.717, 1.165) is 25.8 Å². The van der Waals surface area contributed by atoms with Gasteiger partial charge in [-0.25, -0.2) is 0 Å². The highest BCUT2D eigenvalue weighted by molar-refractivity contribution is 6.35. The number of amides is 1. The van der Waals surface area contributed by atoms with Crippen molar-refractivity contribution >= 4 is 34.8 Å². The average Bonchev–Trinajstić information content (AvgIpc) is 2.56. The zero-order valence-electron chi connectivity index (χ0n) is 13.0. The first-order valence-corrected chi connectivity index (χ1v) is 8.44. The highest BCUT2D eigenvalue weighted by Crippen LogP contribution is 2.26.